The lowest BCUT2D eigenvalue weighted by Crippen LogP contribution is -2.49. The SMILES string of the molecule is CCNC(=NCc1ccc(CN2CCCCCC2)cc1)NC1CCN(C(C)C)CC1.I. The smallest absolute Gasteiger partial charge is 0.191 e. The van der Waals surface area contributed by atoms with Crippen LogP contribution >= 0.6 is 24.0 Å². The summed E-state index contributed by atoms with van der Waals surface area (Å²) in [4.78, 5) is 10.0. The summed E-state index contributed by atoms with van der Waals surface area (Å²) < 4.78 is 0. The molecule has 0 amide bonds. The van der Waals surface area contributed by atoms with Gasteiger partial charge in [0.2, 0.25) is 0 Å². The number of nitrogens with one attached hydrogen (secondary N) is 2. The topological polar surface area (TPSA) is 42.9 Å². The van der Waals surface area contributed by atoms with Crippen molar-refractivity contribution in [3.63, 3.8) is 0 Å². The Bertz CT molecular complexity index is 630. The third-order valence-corrected chi connectivity index (χ3v) is 6.49. The summed E-state index contributed by atoms with van der Waals surface area (Å²) in [5, 5.41) is 7.09. The molecule has 0 atom stereocenters. The van der Waals surface area contributed by atoms with E-state index in [0.717, 1.165) is 25.6 Å². The van der Waals surface area contributed by atoms with Gasteiger partial charge in [-0.2, -0.15) is 0 Å². The number of piperidine rings is 1. The maximum absolute atomic E-state index is 4.86. The van der Waals surface area contributed by atoms with Crippen molar-refractivity contribution in [1.82, 2.24) is 20.4 Å². The Morgan fingerprint density at radius 2 is 1.58 bits per heavy atom. The molecule has 2 heterocycles. The summed E-state index contributed by atoms with van der Waals surface area (Å²) in [6, 6.07) is 10.3. The minimum Gasteiger partial charge on any atom is -0.357 e. The quantitative estimate of drug-likeness (QED) is 0.301. The van der Waals surface area contributed by atoms with Gasteiger partial charge in [-0.1, -0.05) is 37.1 Å². The monoisotopic (exact) mass is 541 g/mol. The molecule has 3 rings (SSSR count). The molecule has 1 aromatic carbocycles. The minimum absolute atomic E-state index is 0. The third-order valence-electron chi connectivity index (χ3n) is 6.49. The Hall–Kier alpha value is -0.860. The molecule has 0 bridgehead atoms. The van der Waals surface area contributed by atoms with Crippen LogP contribution in [0.2, 0.25) is 0 Å². The Morgan fingerprint density at radius 1 is 0.968 bits per heavy atom. The summed E-state index contributed by atoms with van der Waals surface area (Å²) in [6.45, 7) is 14.3. The summed E-state index contributed by atoms with van der Waals surface area (Å²) in [5.74, 6) is 0.953. The van der Waals surface area contributed by atoms with Gasteiger partial charge in [0.05, 0.1) is 6.54 Å². The van der Waals surface area contributed by atoms with Crippen LogP contribution in [-0.2, 0) is 13.1 Å². The van der Waals surface area contributed by atoms with Crippen molar-refractivity contribution in [3.05, 3.63) is 35.4 Å². The highest BCUT2D eigenvalue weighted by Gasteiger charge is 2.21. The maximum atomic E-state index is 4.86. The van der Waals surface area contributed by atoms with Crippen LogP contribution in [0.15, 0.2) is 29.3 Å². The average Bonchev–Trinajstić information content (AvgIpc) is 3.02. The van der Waals surface area contributed by atoms with Crippen molar-refractivity contribution >= 4 is 29.9 Å². The van der Waals surface area contributed by atoms with Crippen LogP contribution in [-0.4, -0.2) is 60.6 Å². The Morgan fingerprint density at radius 3 is 2.16 bits per heavy atom. The predicted octanol–water partition coefficient (Wildman–Crippen LogP) is 4.61. The molecular formula is C25H44IN5. The first kappa shape index (κ1) is 26.4. The number of rotatable bonds is 7. The lowest BCUT2D eigenvalue weighted by atomic mass is 10.0. The maximum Gasteiger partial charge on any atom is 0.191 e. The number of likely N-dealkylation sites (tertiary alicyclic amines) is 2. The molecule has 2 aliphatic heterocycles. The van der Waals surface area contributed by atoms with E-state index in [1.807, 2.05) is 0 Å². The summed E-state index contributed by atoms with van der Waals surface area (Å²) >= 11 is 0. The second-order valence-corrected chi connectivity index (χ2v) is 9.25. The van der Waals surface area contributed by atoms with E-state index >= 15 is 0 Å². The van der Waals surface area contributed by atoms with Crippen molar-refractivity contribution in [2.45, 2.75) is 84.5 Å². The lowest BCUT2D eigenvalue weighted by Gasteiger charge is -2.35. The van der Waals surface area contributed by atoms with Crippen molar-refractivity contribution < 1.29 is 0 Å². The van der Waals surface area contributed by atoms with E-state index in [-0.39, 0.29) is 24.0 Å². The van der Waals surface area contributed by atoms with Crippen molar-refractivity contribution in [2.24, 2.45) is 4.99 Å². The van der Waals surface area contributed by atoms with Crippen molar-refractivity contribution in [3.8, 4) is 0 Å². The molecule has 0 unspecified atom stereocenters. The van der Waals surface area contributed by atoms with Gasteiger partial charge in [0.15, 0.2) is 5.96 Å². The van der Waals surface area contributed by atoms with E-state index in [2.05, 4.69) is 65.5 Å². The van der Waals surface area contributed by atoms with E-state index < -0.39 is 0 Å². The fraction of sp³-hybridized carbons (Fsp3) is 0.720. The number of hydrogen-bond acceptors (Lipinski definition) is 3. The molecule has 5 nitrogen and oxygen atoms in total. The van der Waals surface area contributed by atoms with Gasteiger partial charge in [-0.25, -0.2) is 4.99 Å². The van der Waals surface area contributed by atoms with Crippen LogP contribution in [0, 0.1) is 0 Å². The van der Waals surface area contributed by atoms with E-state index in [9.17, 15) is 0 Å². The molecule has 0 spiro atoms. The molecule has 0 aromatic heterocycles. The van der Waals surface area contributed by atoms with Crippen LogP contribution in [0.4, 0.5) is 0 Å². The normalized spacial score (nSPS) is 19.7. The zero-order valence-corrected chi connectivity index (χ0v) is 22.2. The van der Waals surface area contributed by atoms with Gasteiger partial charge in [0.25, 0.3) is 0 Å². The lowest BCUT2D eigenvalue weighted by molar-refractivity contribution is 0.167. The van der Waals surface area contributed by atoms with Crippen LogP contribution < -0.4 is 10.6 Å². The Labute approximate surface area is 207 Å². The van der Waals surface area contributed by atoms with Crippen LogP contribution in [0.3, 0.4) is 0 Å². The number of aliphatic imine (C=N–C) groups is 1. The zero-order chi connectivity index (χ0) is 21.2. The Balaban J connectivity index is 0.00000341. The molecule has 2 N–H and O–H groups in total. The fourth-order valence-corrected chi connectivity index (χ4v) is 4.55. The number of nitrogens with zero attached hydrogens (tertiary/aromatic N) is 3. The summed E-state index contributed by atoms with van der Waals surface area (Å²) in [6.07, 6.45) is 7.87. The molecule has 2 fully saturated rings. The van der Waals surface area contributed by atoms with E-state index in [4.69, 9.17) is 4.99 Å². The van der Waals surface area contributed by atoms with Gasteiger partial charge in [0, 0.05) is 38.3 Å². The van der Waals surface area contributed by atoms with Crippen LogP contribution in [0.25, 0.3) is 0 Å². The number of halogens is 1. The summed E-state index contributed by atoms with van der Waals surface area (Å²) in [7, 11) is 0. The molecule has 1 aromatic rings. The molecule has 6 heteroatoms. The van der Waals surface area contributed by atoms with E-state index in [1.165, 1.54) is 75.8 Å². The molecule has 31 heavy (non-hydrogen) atoms. The van der Waals surface area contributed by atoms with E-state index in [0.29, 0.717) is 12.1 Å². The molecule has 0 saturated carbocycles. The van der Waals surface area contributed by atoms with Crippen LogP contribution in [0.5, 0.6) is 0 Å². The highest BCUT2D eigenvalue weighted by atomic mass is 127. The largest absolute Gasteiger partial charge is 0.357 e. The van der Waals surface area contributed by atoms with Crippen LogP contribution in [0.1, 0.15) is 70.4 Å². The molecule has 2 saturated heterocycles. The average molecular weight is 542 g/mol. The zero-order valence-electron chi connectivity index (χ0n) is 19.9. The number of hydrogen-bond donors (Lipinski definition) is 2. The van der Waals surface area contributed by atoms with Gasteiger partial charge in [-0.3, -0.25) is 4.90 Å². The van der Waals surface area contributed by atoms with Gasteiger partial charge in [-0.05, 0) is 70.7 Å². The molecule has 2 aliphatic rings. The predicted molar refractivity (Wildman–Crippen MR) is 143 cm³/mol. The summed E-state index contributed by atoms with van der Waals surface area (Å²) in [5.41, 5.74) is 2.70. The first-order valence-corrected chi connectivity index (χ1v) is 12.2. The Kier molecular flexibility index (Phi) is 12.2. The first-order chi connectivity index (χ1) is 14.6. The highest BCUT2D eigenvalue weighted by molar-refractivity contribution is 14.0. The highest BCUT2D eigenvalue weighted by Crippen LogP contribution is 2.15. The van der Waals surface area contributed by atoms with Gasteiger partial charge in [0.1, 0.15) is 0 Å². The van der Waals surface area contributed by atoms with E-state index in [1.54, 1.807) is 0 Å². The number of benzene rings is 1. The van der Waals surface area contributed by atoms with Gasteiger partial charge < -0.3 is 15.5 Å². The van der Waals surface area contributed by atoms with Crippen molar-refractivity contribution in [1.29, 1.82) is 0 Å². The van der Waals surface area contributed by atoms with Gasteiger partial charge >= 0.3 is 0 Å². The first-order valence-electron chi connectivity index (χ1n) is 12.2. The second-order valence-electron chi connectivity index (χ2n) is 9.25. The second kappa shape index (κ2) is 14.3. The van der Waals surface area contributed by atoms with Crippen molar-refractivity contribution in [2.75, 3.05) is 32.7 Å². The fourth-order valence-electron chi connectivity index (χ4n) is 4.55. The molecule has 0 aliphatic carbocycles. The standard InChI is InChI=1S/C25H43N5.HI/c1-4-26-25(28-24-13-17-30(18-14-24)21(2)3)27-19-22-9-11-23(12-10-22)20-29-15-7-5-6-8-16-29;/h9-12,21,24H,4-8,13-20H2,1-3H3,(H2,26,27,28);1H. The number of guanidine groups is 1. The van der Waals surface area contributed by atoms with Gasteiger partial charge in [-0.15, -0.1) is 24.0 Å². The molecule has 0 radical (unpaired) electrons. The molecule has 176 valence electrons. The molecular weight excluding hydrogens is 497 g/mol. The minimum atomic E-state index is 0. The third kappa shape index (κ3) is 9.26.